The molecule has 1 N–H and O–H groups in total. The molecule has 1 aromatic carbocycles. The van der Waals surface area contributed by atoms with Crippen LogP contribution in [0.15, 0.2) is 24.3 Å². The zero-order valence-electron chi connectivity index (χ0n) is 10.1. The van der Waals surface area contributed by atoms with Gasteiger partial charge in [-0.3, -0.25) is 4.98 Å². The molecule has 0 amide bonds. The highest BCUT2D eigenvalue weighted by atomic mass is 16.4. The average molecular weight is 240 g/mol. The maximum absolute atomic E-state index is 10.9. The van der Waals surface area contributed by atoms with Crippen LogP contribution in [0.25, 0.3) is 10.8 Å². The van der Waals surface area contributed by atoms with Crippen molar-refractivity contribution in [3.63, 3.8) is 0 Å². The lowest BCUT2D eigenvalue weighted by Crippen LogP contribution is -1.99. The van der Waals surface area contributed by atoms with Gasteiger partial charge in [-0.15, -0.1) is 0 Å². The topological polar surface area (TPSA) is 74.0 Å². The van der Waals surface area contributed by atoms with E-state index in [9.17, 15) is 4.79 Å². The molecule has 0 aliphatic heterocycles. The van der Waals surface area contributed by atoms with E-state index in [0.29, 0.717) is 5.69 Å². The zero-order valence-corrected chi connectivity index (χ0v) is 10.1. The smallest absolute Gasteiger partial charge is 0.335 e. The number of hydrogen-bond donors (Lipinski definition) is 1. The minimum absolute atomic E-state index is 0.240. The van der Waals surface area contributed by atoms with Crippen LogP contribution in [0.5, 0.6) is 0 Å². The predicted octanol–water partition coefficient (Wildman–Crippen LogP) is 2.87. The van der Waals surface area contributed by atoms with Gasteiger partial charge < -0.3 is 5.11 Å². The van der Waals surface area contributed by atoms with Crippen molar-refractivity contribution in [1.82, 2.24) is 4.98 Å². The Balaban J connectivity index is 2.69. The molecule has 0 aliphatic carbocycles. The minimum Gasteiger partial charge on any atom is -0.478 e. The van der Waals surface area contributed by atoms with E-state index in [1.54, 1.807) is 31.2 Å². The third-order valence-electron chi connectivity index (χ3n) is 2.93. The first kappa shape index (κ1) is 12.1. The molecular formula is C14H12N2O2. The quantitative estimate of drug-likeness (QED) is 0.875. The molecule has 2 aromatic rings. The third-order valence-corrected chi connectivity index (χ3v) is 2.93. The molecule has 1 aromatic heterocycles. The second-order valence-electron chi connectivity index (χ2n) is 4.22. The van der Waals surface area contributed by atoms with Gasteiger partial charge in [0.05, 0.1) is 23.2 Å². The largest absolute Gasteiger partial charge is 0.478 e. The van der Waals surface area contributed by atoms with Gasteiger partial charge in [0.2, 0.25) is 0 Å². The van der Waals surface area contributed by atoms with Crippen molar-refractivity contribution in [1.29, 1.82) is 5.26 Å². The summed E-state index contributed by atoms with van der Waals surface area (Å²) < 4.78 is 0. The van der Waals surface area contributed by atoms with Gasteiger partial charge in [-0.2, -0.15) is 5.26 Å². The number of fused-ring (bicyclic) bond motifs is 1. The van der Waals surface area contributed by atoms with Crippen LogP contribution >= 0.6 is 0 Å². The minimum atomic E-state index is -0.957. The van der Waals surface area contributed by atoms with Crippen LogP contribution in [-0.4, -0.2) is 16.1 Å². The number of aromatic nitrogens is 1. The number of nitrogens with zero attached hydrogens (tertiary/aromatic N) is 2. The van der Waals surface area contributed by atoms with Gasteiger partial charge in [0.25, 0.3) is 0 Å². The van der Waals surface area contributed by atoms with Gasteiger partial charge in [-0.1, -0.05) is 6.07 Å². The first-order valence-corrected chi connectivity index (χ1v) is 5.57. The Kier molecular flexibility index (Phi) is 2.99. The summed E-state index contributed by atoms with van der Waals surface area (Å²) in [6.45, 7) is 3.63. The van der Waals surface area contributed by atoms with Crippen molar-refractivity contribution in [2.24, 2.45) is 0 Å². The molecule has 4 heteroatoms. The maximum Gasteiger partial charge on any atom is 0.335 e. The van der Waals surface area contributed by atoms with Gasteiger partial charge >= 0.3 is 5.97 Å². The fourth-order valence-corrected chi connectivity index (χ4v) is 1.88. The van der Waals surface area contributed by atoms with Gasteiger partial charge in [-0.25, -0.2) is 4.79 Å². The number of carboxylic acid groups (broad SMARTS) is 1. The number of benzene rings is 1. The van der Waals surface area contributed by atoms with Gasteiger partial charge in [0.1, 0.15) is 0 Å². The van der Waals surface area contributed by atoms with Crippen LogP contribution in [0.4, 0.5) is 0 Å². The van der Waals surface area contributed by atoms with E-state index in [1.807, 2.05) is 6.92 Å². The third kappa shape index (κ3) is 2.03. The summed E-state index contributed by atoms with van der Waals surface area (Å²) in [5.41, 5.74) is 1.72. The van der Waals surface area contributed by atoms with Crippen molar-refractivity contribution in [3.05, 3.63) is 41.2 Å². The van der Waals surface area contributed by atoms with E-state index >= 15 is 0 Å². The summed E-state index contributed by atoms with van der Waals surface area (Å²) in [5, 5.41) is 19.6. The molecule has 0 bridgehead atoms. The summed E-state index contributed by atoms with van der Waals surface area (Å²) >= 11 is 0. The van der Waals surface area contributed by atoms with Gasteiger partial charge in [0, 0.05) is 11.1 Å². The van der Waals surface area contributed by atoms with Crippen molar-refractivity contribution in [2.45, 2.75) is 19.8 Å². The monoisotopic (exact) mass is 240 g/mol. The summed E-state index contributed by atoms with van der Waals surface area (Å²) in [6, 6.07) is 8.84. The second kappa shape index (κ2) is 4.46. The van der Waals surface area contributed by atoms with Crippen molar-refractivity contribution < 1.29 is 9.90 Å². The normalized spacial score (nSPS) is 12.1. The Hall–Kier alpha value is -2.41. The lowest BCUT2D eigenvalue weighted by Gasteiger charge is -2.08. The number of nitriles is 1. The molecule has 90 valence electrons. The Morgan fingerprint density at radius 3 is 2.78 bits per heavy atom. The van der Waals surface area contributed by atoms with Crippen LogP contribution in [0.1, 0.15) is 34.6 Å². The van der Waals surface area contributed by atoms with E-state index in [4.69, 9.17) is 10.4 Å². The number of hydrogen-bond acceptors (Lipinski definition) is 3. The molecule has 18 heavy (non-hydrogen) atoms. The van der Waals surface area contributed by atoms with Crippen LogP contribution in [0, 0.1) is 18.3 Å². The van der Waals surface area contributed by atoms with E-state index in [-0.39, 0.29) is 11.5 Å². The number of carboxylic acids is 1. The summed E-state index contributed by atoms with van der Waals surface area (Å²) in [5.74, 6) is -1.26. The fourth-order valence-electron chi connectivity index (χ4n) is 1.88. The van der Waals surface area contributed by atoms with Gasteiger partial charge in [-0.05, 0) is 37.4 Å². The summed E-state index contributed by atoms with van der Waals surface area (Å²) in [6.07, 6.45) is 0. The lowest BCUT2D eigenvalue weighted by molar-refractivity contribution is 0.0697. The lowest BCUT2D eigenvalue weighted by atomic mass is 10.0. The van der Waals surface area contributed by atoms with Crippen molar-refractivity contribution >= 4 is 16.7 Å². The first-order chi connectivity index (χ1) is 8.52. The SMILES string of the molecule is Cc1nc(C(C)C#N)cc2cc(C(=O)O)ccc12. The number of rotatable bonds is 2. The van der Waals surface area contributed by atoms with Crippen LogP contribution in [0.3, 0.4) is 0 Å². The number of aryl methyl sites for hydroxylation is 1. The number of carbonyl (C=O) groups is 1. The second-order valence-corrected chi connectivity index (χ2v) is 4.22. The van der Waals surface area contributed by atoms with E-state index in [1.165, 1.54) is 0 Å². The highest BCUT2D eigenvalue weighted by Crippen LogP contribution is 2.23. The molecule has 1 atom stereocenters. The Bertz CT molecular complexity index is 671. The van der Waals surface area contributed by atoms with E-state index in [2.05, 4.69) is 11.1 Å². The zero-order chi connectivity index (χ0) is 13.3. The van der Waals surface area contributed by atoms with Gasteiger partial charge in [0.15, 0.2) is 0 Å². The van der Waals surface area contributed by atoms with Crippen LogP contribution in [0.2, 0.25) is 0 Å². The van der Waals surface area contributed by atoms with E-state index < -0.39 is 5.97 Å². The first-order valence-electron chi connectivity index (χ1n) is 5.57. The molecule has 1 unspecified atom stereocenters. The Morgan fingerprint density at radius 1 is 1.44 bits per heavy atom. The number of aromatic carboxylic acids is 1. The number of pyridine rings is 1. The Morgan fingerprint density at radius 2 is 2.17 bits per heavy atom. The molecule has 0 spiro atoms. The van der Waals surface area contributed by atoms with Crippen molar-refractivity contribution in [3.8, 4) is 6.07 Å². The maximum atomic E-state index is 10.9. The molecule has 0 saturated carbocycles. The fraction of sp³-hybridized carbons (Fsp3) is 0.214. The Labute approximate surface area is 105 Å². The molecular weight excluding hydrogens is 228 g/mol. The highest BCUT2D eigenvalue weighted by Gasteiger charge is 2.10. The van der Waals surface area contributed by atoms with Crippen LogP contribution < -0.4 is 0 Å². The standard InChI is InChI=1S/C14H12N2O2/c1-8(7-15)13-6-11-5-10(14(17)18)3-4-12(11)9(2)16-13/h3-6,8H,1-2H3,(H,17,18). The molecule has 2 rings (SSSR count). The molecule has 0 fully saturated rings. The highest BCUT2D eigenvalue weighted by molar-refractivity contribution is 5.95. The average Bonchev–Trinajstić information content (AvgIpc) is 2.36. The summed E-state index contributed by atoms with van der Waals surface area (Å²) in [7, 11) is 0. The van der Waals surface area contributed by atoms with Crippen molar-refractivity contribution in [2.75, 3.05) is 0 Å². The molecule has 0 aliphatic rings. The molecule has 1 heterocycles. The molecule has 4 nitrogen and oxygen atoms in total. The molecule has 0 saturated heterocycles. The van der Waals surface area contributed by atoms with Crippen LogP contribution in [-0.2, 0) is 0 Å². The van der Waals surface area contributed by atoms with E-state index in [0.717, 1.165) is 16.5 Å². The summed E-state index contributed by atoms with van der Waals surface area (Å²) in [4.78, 5) is 15.3. The molecule has 0 radical (unpaired) electrons. The predicted molar refractivity (Wildman–Crippen MR) is 67.5 cm³/mol.